The van der Waals surface area contributed by atoms with Crippen LogP contribution in [0.3, 0.4) is 0 Å². The molecule has 2 rings (SSSR count). The Labute approximate surface area is 157 Å². The van der Waals surface area contributed by atoms with Gasteiger partial charge >= 0.3 is 0 Å². The molecule has 1 amide bonds. The molecule has 1 fully saturated rings. The Morgan fingerprint density at radius 2 is 1.69 bits per heavy atom. The van der Waals surface area contributed by atoms with E-state index in [0.717, 1.165) is 11.1 Å². The Bertz CT molecular complexity index is 759. The van der Waals surface area contributed by atoms with Crippen molar-refractivity contribution in [2.75, 3.05) is 46.8 Å². The van der Waals surface area contributed by atoms with Crippen molar-refractivity contribution in [3.63, 3.8) is 0 Å². The molecule has 0 bridgehead atoms. The number of piperazine rings is 1. The molecule has 0 aromatic heterocycles. The number of hydrogen-bond acceptors (Lipinski definition) is 4. The fourth-order valence-corrected chi connectivity index (χ4v) is 4.70. The van der Waals surface area contributed by atoms with Gasteiger partial charge in [0.2, 0.25) is 15.9 Å². The van der Waals surface area contributed by atoms with Crippen LogP contribution in [0, 0.1) is 6.92 Å². The summed E-state index contributed by atoms with van der Waals surface area (Å²) in [4.78, 5) is 16.1. The van der Waals surface area contributed by atoms with Gasteiger partial charge in [-0.1, -0.05) is 32.9 Å². The minimum Gasteiger partial charge on any atom is -0.339 e. The average Bonchev–Trinajstić information content (AvgIpc) is 2.53. The monoisotopic (exact) mass is 381 g/mol. The zero-order chi connectivity index (χ0) is 19.7. The van der Waals surface area contributed by atoms with Crippen LogP contribution >= 0.6 is 0 Å². The van der Waals surface area contributed by atoms with Crippen LogP contribution in [0.1, 0.15) is 31.9 Å². The van der Waals surface area contributed by atoms with E-state index in [2.05, 4.69) is 20.8 Å². The number of amides is 1. The molecule has 146 valence electrons. The summed E-state index contributed by atoms with van der Waals surface area (Å²) in [5.74, 6) is 0.0398. The first-order chi connectivity index (χ1) is 11.9. The standard InChI is InChI=1S/C19H31N3O3S/c1-15-7-8-16(19(2,3)4)13-17(15)26(24,25)22-11-9-21(10-12-22)18(23)14-20(5)6/h7-8,13H,9-12,14H2,1-6H3. The molecule has 1 saturated heterocycles. The van der Waals surface area contributed by atoms with E-state index < -0.39 is 10.0 Å². The number of likely N-dealkylation sites (N-methyl/N-ethyl adjacent to an activating group) is 1. The Morgan fingerprint density at radius 3 is 2.19 bits per heavy atom. The molecule has 0 unspecified atom stereocenters. The third-order valence-electron chi connectivity index (χ3n) is 4.71. The number of sulfonamides is 1. The maximum absolute atomic E-state index is 13.2. The van der Waals surface area contributed by atoms with Crippen LogP contribution in [0.2, 0.25) is 0 Å². The summed E-state index contributed by atoms with van der Waals surface area (Å²) in [5.41, 5.74) is 1.64. The van der Waals surface area contributed by atoms with E-state index in [0.29, 0.717) is 37.6 Å². The Hall–Kier alpha value is -1.44. The predicted molar refractivity (Wildman–Crippen MR) is 104 cm³/mol. The van der Waals surface area contributed by atoms with Crippen LogP contribution in [0.4, 0.5) is 0 Å². The van der Waals surface area contributed by atoms with Crippen LogP contribution in [0.25, 0.3) is 0 Å². The predicted octanol–water partition coefficient (Wildman–Crippen LogP) is 1.69. The van der Waals surface area contributed by atoms with Gasteiger partial charge in [-0.05, 0) is 43.6 Å². The molecular formula is C19H31N3O3S. The number of rotatable bonds is 4. The van der Waals surface area contributed by atoms with Gasteiger partial charge in [-0.2, -0.15) is 4.31 Å². The third kappa shape index (κ3) is 4.64. The van der Waals surface area contributed by atoms with Gasteiger partial charge in [-0.15, -0.1) is 0 Å². The van der Waals surface area contributed by atoms with Crippen LogP contribution in [0.15, 0.2) is 23.1 Å². The van der Waals surface area contributed by atoms with Crippen molar-refractivity contribution in [3.05, 3.63) is 29.3 Å². The Balaban J connectivity index is 2.19. The molecule has 0 saturated carbocycles. The quantitative estimate of drug-likeness (QED) is 0.796. The summed E-state index contributed by atoms with van der Waals surface area (Å²) in [5, 5.41) is 0. The highest BCUT2D eigenvalue weighted by atomic mass is 32.2. The maximum atomic E-state index is 13.2. The summed E-state index contributed by atoms with van der Waals surface area (Å²) >= 11 is 0. The molecule has 0 atom stereocenters. The zero-order valence-corrected chi connectivity index (χ0v) is 17.6. The number of carbonyl (C=O) groups excluding carboxylic acids is 1. The molecule has 1 aliphatic rings. The summed E-state index contributed by atoms with van der Waals surface area (Å²) in [6, 6.07) is 5.67. The molecule has 0 N–H and O–H groups in total. The number of hydrogen-bond donors (Lipinski definition) is 0. The molecule has 0 spiro atoms. The van der Waals surface area contributed by atoms with Crippen molar-refractivity contribution in [3.8, 4) is 0 Å². The third-order valence-corrected chi connectivity index (χ3v) is 6.76. The van der Waals surface area contributed by atoms with Gasteiger partial charge in [-0.25, -0.2) is 8.42 Å². The van der Waals surface area contributed by atoms with Crippen molar-refractivity contribution in [2.45, 2.75) is 38.0 Å². The Kier molecular flexibility index (Phi) is 6.15. The first-order valence-electron chi connectivity index (χ1n) is 8.96. The average molecular weight is 382 g/mol. The van der Waals surface area contributed by atoms with Gasteiger partial charge in [0.15, 0.2) is 0 Å². The van der Waals surface area contributed by atoms with E-state index in [4.69, 9.17) is 0 Å². The maximum Gasteiger partial charge on any atom is 0.243 e. The second-order valence-electron chi connectivity index (χ2n) is 8.25. The first kappa shape index (κ1) is 20.9. The van der Waals surface area contributed by atoms with Gasteiger partial charge in [-0.3, -0.25) is 4.79 Å². The highest BCUT2D eigenvalue weighted by Crippen LogP contribution is 2.28. The second kappa shape index (κ2) is 7.66. The van der Waals surface area contributed by atoms with Gasteiger partial charge < -0.3 is 9.80 Å². The minimum absolute atomic E-state index is 0.0398. The molecule has 1 heterocycles. The molecular weight excluding hydrogens is 350 g/mol. The van der Waals surface area contributed by atoms with Gasteiger partial charge in [0.1, 0.15) is 0 Å². The van der Waals surface area contributed by atoms with E-state index in [-0.39, 0.29) is 11.3 Å². The SMILES string of the molecule is Cc1ccc(C(C)(C)C)cc1S(=O)(=O)N1CCN(C(=O)CN(C)C)CC1. The van der Waals surface area contributed by atoms with Gasteiger partial charge in [0.05, 0.1) is 11.4 Å². The van der Waals surface area contributed by atoms with Crippen LogP contribution in [-0.2, 0) is 20.2 Å². The number of nitrogens with zero attached hydrogens (tertiary/aromatic N) is 3. The summed E-state index contributed by atoms with van der Waals surface area (Å²) in [6.45, 7) is 9.93. The van der Waals surface area contributed by atoms with Crippen molar-refractivity contribution in [2.24, 2.45) is 0 Å². The molecule has 6 nitrogen and oxygen atoms in total. The lowest BCUT2D eigenvalue weighted by molar-refractivity contribution is -0.133. The fourth-order valence-electron chi connectivity index (χ4n) is 3.03. The smallest absolute Gasteiger partial charge is 0.243 e. The number of benzene rings is 1. The minimum atomic E-state index is -3.56. The summed E-state index contributed by atoms with van der Waals surface area (Å²) in [6.07, 6.45) is 0. The first-order valence-corrected chi connectivity index (χ1v) is 10.4. The van der Waals surface area contributed by atoms with Gasteiger partial charge in [0.25, 0.3) is 0 Å². The van der Waals surface area contributed by atoms with E-state index in [1.807, 2.05) is 38.1 Å². The molecule has 1 aliphatic heterocycles. The second-order valence-corrected chi connectivity index (χ2v) is 10.2. The highest BCUT2D eigenvalue weighted by molar-refractivity contribution is 7.89. The van der Waals surface area contributed by atoms with Crippen molar-refractivity contribution < 1.29 is 13.2 Å². The largest absolute Gasteiger partial charge is 0.339 e. The molecule has 0 radical (unpaired) electrons. The summed E-state index contributed by atoms with van der Waals surface area (Å²) < 4.78 is 27.8. The molecule has 26 heavy (non-hydrogen) atoms. The zero-order valence-electron chi connectivity index (χ0n) is 16.7. The normalized spacial score (nSPS) is 17.0. The topological polar surface area (TPSA) is 60.9 Å². The van der Waals surface area contributed by atoms with Gasteiger partial charge in [0, 0.05) is 26.2 Å². The van der Waals surface area contributed by atoms with Crippen molar-refractivity contribution in [1.29, 1.82) is 0 Å². The molecule has 7 heteroatoms. The highest BCUT2D eigenvalue weighted by Gasteiger charge is 2.31. The molecule has 0 aliphatic carbocycles. The lowest BCUT2D eigenvalue weighted by Gasteiger charge is -2.35. The lowest BCUT2D eigenvalue weighted by Crippen LogP contribution is -2.52. The number of carbonyl (C=O) groups is 1. The van der Waals surface area contributed by atoms with E-state index in [1.165, 1.54) is 4.31 Å². The van der Waals surface area contributed by atoms with E-state index in [1.54, 1.807) is 11.0 Å². The fraction of sp³-hybridized carbons (Fsp3) is 0.632. The van der Waals surface area contributed by atoms with E-state index in [9.17, 15) is 13.2 Å². The van der Waals surface area contributed by atoms with Crippen LogP contribution in [-0.4, -0.2) is 75.2 Å². The Morgan fingerprint density at radius 1 is 1.12 bits per heavy atom. The lowest BCUT2D eigenvalue weighted by atomic mass is 9.87. The van der Waals surface area contributed by atoms with E-state index >= 15 is 0 Å². The van der Waals surface area contributed by atoms with Crippen LogP contribution in [0.5, 0.6) is 0 Å². The summed E-state index contributed by atoms with van der Waals surface area (Å²) in [7, 11) is 0.139. The van der Waals surface area contributed by atoms with Crippen molar-refractivity contribution >= 4 is 15.9 Å². The van der Waals surface area contributed by atoms with Crippen LogP contribution < -0.4 is 0 Å². The molecule has 1 aromatic rings. The molecule has 1 aromatic carbocycles. The number of aryl methyl sites for hydroxylation is 1. The van der Waals surface area contributed by atoms with Crippen molar-refractivity contribution in [1.82, 2.24) is 14.1 Å².